The zero-order valence-electron chi connectivity index (χ0n) is 6.91. The minimum absolute atomic E-state index is 0.202. The molecular weight excluding hydrogens is 198 g/mol. The second kappa shape index (κ2) is 2.63. The quantitative estimate of drug-likeness (QED) is 0.332. The number of fused-ring (bicyclic) bond motifs is 1. The molecular formula is C6H9NO7. The summed E-state index contributed by atoms with van der Waals surface area (Å²) in [6.45, 7) is -0.202. The Kier molecular flexibility index (Phi) is 1.83. The largest absolute Gasteiger partial charge is 0.412 e. The highest BCUT2D eigenvalue weighted by Gasteiger charge is 2.66. The Hall–Kier alpha value is -0.770. The summed E-state index contributed by atoms with van der Waals surface area (Å²) >= 11 is 0. The van der Waals surface area contributed by atoms with Crippen LogP contribution in [0.4, 0.5) is 0 Å². The molecule has 2 rings (SSSR count). The van der Waals surface area contributed by atoms with Crippen molar-refractivity contribution in [2.45, 2.75) is 18.2 Å². The smallest absolute Gasteiger partial charge is 0.369 e. The van der Waals surface area contributed by atoms with Crippen molar-refractivity contribution in [2.24, 2.45) is 11.7 Å². The molecule has 2 aliphatic heterocycles. The Morgan fingerprint density at radius 1 is 1.43 bits per heavy atom. The standard InChI is InChI=1S/C6H9NO7/c7-3(8)2-1-12-4-5(2,9)14-6(10,11)13-4/h2,4,9-11H,1H2,(H2,7,8). The summed E-state index contributed by atoms with van der Waals surface area (Å²) < 4.78 is 13.5. The van der Waals surface area contributed by atoms with E-state index in [2.05, 4.69) is 9.47 Å². The van der Waals surface area contributed by atoms with Crippen LogP contribution in [0.1, 0.15) is 0 Å². The molecule has 0 aliphatic carbocycles. The Balaban J connectivity index is 2.26. The van der Waals surface area contributed by atoms with E-state index in [0.29, 0.717) is 0 Å². The van der Waals surface area contributed by atoms with Gasteiger partial charge in [0.05, 0.1) is 6.61 Å². The van der Waals surface area contributed by atoms with Crippen LogP contribution in [0, 0.1) is 5.92 Å². The van der Waals surface area contributed by atoms with Crippen LogP contribution in [0.5, 0.6) is 0 Å². The molecule has 2 saturated heterocycles. The minimum atomic E-state index is -2.96. The third-order valence-corrected chi connectivity index (χ3v) is 2.15. The molecule has 80 valence electrons. The van der Waals surface area contributed by atoms with Crippen molar-refractivity contribution in [2.75, 3.05) is 6.61 Å². The van der Waals surface area contributed by atoms with Crippen molar-refractivity contribution in [3.63, 3.8) is 0 Å². The van der Waals surface area contributed by atoms with Crippen LogP contribution in [0.25, 0.3) is 0 Å². The fraction of sp³-hybridized carbons (Fsp3) is 0.833. The first kappa shape index (κ1) is 9.77. The van der Waals surface area contributed by atoms with Gasteiger partial charge in [-0.15, -0.1) is 0 Å². The fourth-order valence-corrected chi connectivity index (χ4v) is 1.49. The molecule has 2 fully saturated rings. The molecule has 2 heterocycles. The van der Waals surface area contributed by atoms with Gasteiger partial charge in [-0.2, -0.15) is 0 Å². The average molecular weight is 207 g/mol. The fourth-order valence-electron chi connectivity index (χ4n) is 1.49. The zero-order chi connectivity index (χ0) is 10.6. The summed E-state index contributed by atoms with van der Waals surface area (Å²) in [5, 5.41) is 27.5. The molecule has 0 radical (unpaired) electrons. The molecule has 0 aromatic carbocycles. The molecule has 0 saturated carbocycles. The third-order valence-electron chi connectivity index (χ3n) is 2.15. The Morgan fingerprint density at radius 2 is 2.07 bits per heavy atom. The van der Waals surface area contributed by atoms with E-state index in [1.165, 1.54) is 0 Å². The van der Waals surface area contributed by atoms with Gasteiger partial charge in [-0.3, -0.25) is 14.3 Å². The van der Waals surface area contributed by atoms with Gasteiger partial charge in [0.1, 0.15) is 5.92 Å². The summed E-state index contributed by atoms with van der Waals surface area (Å²) in [5.41, 5.74) is 4.95. The number of ether oxygens (including phenoxy) is 3. The number of carbonyl (C=O) groups excluding carboxylic acids is 1. The molecule has 0 aromatic heterocycles. The van der Waals surface area contributed by atoms with Crippen LogP contribution < -0.4 is 5.73 Å². The van der Waals surface area contributed by atoms with E-state index < -0.39 is 30.1 Å². The topological polar surface area (TPSA) is 131 Å². The molecule has 8 nitrogen and oxygen atoms in total. The minimum Gasteiger partial charge on any atom is -0.369 e. The lowest BCUT2D eigenvalue weighted by Crippen LogP contribution is -2.48. The first-order valence-corrected chi connectivity index (χ1v) is 3.81. The lowest BCUT2D eigenvalue weighted by molar-refractivity contribution is -0.463. The number of primary amides is 1. The van der Waals surface area contributed by atoms with Gasteiger partial charge < -0.3 is 25.8 Å². The van der Waals surface area contributed by atoms with Crippen molar-refractivity contribution >= 4 is 5.91 Å². The SMILES string of the molecule is NC(=O)C1COC2OC(O)(O)OC21O. The predicted molar refractivity (Wildman–Crippen MR) is 36.7 cm³/mol. The predicted octanol–water partition coefficient (Wildman–Crippen LogP) is -3.22. The number of hydrogen-bond acceptors (Lipinski definition) is 7. The van der Waals surface area contributed by atoms with Crippen LogP contribution in [0.15, 0.2) is 0 Å². The van der Waals surface area contributed by atoms with Gasteiger partial charge in [0, 0.05) is 0 Å². The van der Waals surface area contributed by atoms with Crippen molar-refractivity contribution in [1.29, 1.82) is 0 Å². The lowest BCUT2D eigenvalue weighted by atomic mass is 10.0. The van der Waals surface area contributed by atoms with E-state index in [1.54, 1.807) is 0 Å². The lowest BCUT2D eigenvalue weighted by Gasteiger charge is -2.23. The molecule has 14 heavy (non-hydrogen) atoms. The van der Waals surface area contributed by atoms with Gasteiger partial charge in [-0.05, 0) is 0 Å². The number of rotatable bonds is 1. The van der Waals surface area contributed by atoms with Gasteiger partial charge in [0.2, 0.25) is 18.0 Å². The Morgan fingerprint density at radius 3 is 2.64 bits per heavy atom. The first-order chi connectivity index (χ1) is 6.35. The average Bonchev–Trinajstić information content (AvgIpc) is 2.35. The first-order valence-electron chi connectivity index (χ1n) is 3.81. The van der Waals surface area contributed by atoms with Gasteiger partial charge >= 0.3 is 6.16 Å². The molecule has 0 bridgehead atoms. The van der Waals surface area contributed by atoms with Crippen LogP contribution in [-0.2, 0) is 19.0 Å². The number of aliphatic hydroxyl groups is 3. The van der Waals surface area contributed by atoms with Crippen LogP contribution >= 0.6 is 0 Å². The van der Waals surface area contributed by atoms with Crippen LogP contribution in [0.3, 0.4) is 0 Å². The maximum Gasteiger partial charge on any atom is 0.412 e. The monoisotopic (exact) mass is 207 g/mol. The maximum absolute atomic E-state index is 10.8. The van der Waals surface area contributed by atoms with E-state index in [-0.39, 0.29) is 6.61 Å². The molecule has 1 amide bonds. The van der Waals surface area contributed by atoms with E-state index >= 15 is 0 Å². The second-order valence-electron chi connectivity index (χ2n) is 3.14. The van der Waals surface area contributed by atoms with Crippen molar-refractivity contribution < 1.29 is 34.3 Å². The van der Waals surface area contributed by atoms with Crippen molar-refractivity contribution in [3.05, 3.63) is 0 Å². The third kappa shape index (κ3) is 1.21. The Labute approximate surface area is 77.8 Å². The highest BCUT2D eigenvalue weighted by molar-refractivity contribution is 5.78. The van der Waals surface area contributed by atoms with Gasteiger partial charge in [-0.25, -0.2) is 0 Å². The highest BCUT2D eigenvalue weighted by Crippen LogP contribution is 2.42. The van der Waals surface area contributed by atoms with Gasteiger partial charge in [0.25, 0.3) is 0 Å². The normalized spacial score (nSPS) is 45.1. The van der Waals surface area contributed by atoms with Crippen LogP contribution in [0.2, 0.25) is 0 Å². The van der Waals surface area contributed by atoms with E-state index in [4.69, 9.17) is 20.7 Å². The number of carbonyl (C=O) groups is 1. The van der Waals surface area contributed by atoms with E-state index in [0.717, 1.165) is 0 Å². The van der Waals surface area contributed by atoms with E-state index in [1.807, 2.05) is 0 Å². The summed E-state index contributed by atoms with van der Waals surface area (Å²) in [6, 6.07) is 0. The highest BCUT2D eigenvalue weighted by atomic mass is 17.0. The van der Waals surface area contributed by atoms with E-state index in [9.17, 15) is 9.90 Å². The molecule has 8 heteroatoms. The van der Waals surface area contributed by atoms with Crippen molar-refractivity contribution in [3.8, 4) is 0 Å². The molecule has 3 atom stereocenters. The van der Waals surface area contributed by atoms with Crippen molar-refractivity contribution in [1.82, 2.24) is 0 Å². The zero-order valence-corrected chi connectivity index (χ0v) is 6.91. The second-order valence-corrected chi connectivity index (χ2v) is 3.14. The number of hydrogen-bond donors (Lipinski definition) is 4. The summed E-state index contributed by atoms with van der Waals surface area (Å²) in [5.74, 6) is -4.32. The molecule has 0 aromatic rings. The summed E-state index contributed by atoms with van der Waals surface area (Å²) in [4.78, 5) is 10.8. The van der Waals surface area contributed by atoms with Crippen LogP contribution in [-0.4, -0.2) is 46.1 Å². The molecule has 2 aliphatic rings. The van der Waals surface area contributed by atoms with Gasteiger partial charge in [-0.1, -0.05) is 0 Å². The maximum atomic E-state index is 10.8. The molecule has 3 unspecified atom stereocenters. The van der Waals surface area contributed by atoms with Gasteiger partial charge in [0.15, 0.2) is 0 Å². The molecule has 5 N–H and O–H groups in total. The summed E-state index contributed by atoms with van der Waals surface area (Å²) in [6.07, 6.45) is -4.40. The number of nitrogens with two attached hydrogens (primary N) is 1. The Bertz CT molecular complexity index is 279. The summed E-state index contributed by atoms with van der Waals surface area (Å²) in [7, 11) is 0. The molecule has 0 spiro atoms. The number of amides is 1.